The Morgan fingerprint density at radius 2 is 2.07 bits per heavy atom. The van der Waals surface area contributed by atoms with Crippen LogP contribution >= 0.6 is 0 Å². The second-order valence-electron chi connectivity index (χ2n) is 7.33. The molecule has 8 nitrogen and oxygen atoms in total. The molecule has 0 saturated heterocycles. The molecule has 0 amide bonds. The lowest BCUT2D eigenvalue weighted by Crippen LogP contribution is -2.26. The fourth-order valence-corrected chi connectivity index (χ4v) is 3.22. The molecule has 0 spiro atoms. The van der Waals surface area contributed by atoms with Crippen molar-refractivity contribution in [2.75, 3.05) is 0 Å². The summed E-state index contributed by atoms with van der Waals surface area (Å²) in [6.45, 7) is 6.82. The minimum absolute atomic E-state index is 0.0118. The van der Waals surface area contributed by atoms with Crippen LogP contribution in [-0.4, -0.2) is 29.2 Å². The Kier molecular flexibility index (Phi) is 4.07. The highest BCUT2D eigenvalue weighted by atomic mass is 19.1. The highest BCUT2D eigenvalue weighted by Crippen LogP contribution is 2.27. The first-order valence-electron chi connectivity index (χ1n) is 9.00. The molecule has 0 fully saturated rings. The van der Waals surface area contributed by atoms with E-state index in [0.29, 0.717) is 11.9 Å². The Bertz CT molecular complexity index is 1250. The molecule has 3 aromatic heterocycles. The Balaban J connectivity index is 2.10. The fraction of sp³-hybridized carbons (Fsp3) is 0.368. The Hall–Kier alpha value is -3.07. The molecule has 1 N–H and O–H groups in total. The summed E-state index contributed by atoms with van der Waals surface area (Å²) in [6, 6.07) is 4.42. The van der Waals surface area contributed by atoms with Crippen LogP contribution in [-0.2, 0) is 5.60 Å². The quantitative estimate of drug-likeness (QED) is 0.580. The third-order valence-electron chi connectivity index (χ3n) is 4.85. The normalized spacial score (nSPS) is 13.5. The van der Waals surface area contributed by atoms with Gasteiger partial charge in [0.1, 0.15) is 34.5 Å². The maximum absolute atomic E-state index is 14.7. The first kappa shape index (κ1) is 18.3. The van der Waals surface area contributed by atoms with Gasteiger partial charge in [-0.1, -0.05) is 18.1 Å². The lowest BCUT2D eigenvalue weighted by molar-refractivity contribution is 0.0420. The van der Waals surface area contributed by atoms with Crippen molar-refractivity contribution in [3.05, 3.63) is 46.6 Å². The van der Waals surface area contributed by atoms with E-state index < -0.39 is 17.0 Å². The number of aromatic nitrogens is 5. The molecule has 3 heterocycles. The third kappa shape index (κ3) is 2.62. The number of halogens is 1. The number of hydrogen-bond donors (Lipinski definition) is 1. The van der Waals surface area contributed by atoms with E-state index in [4.69, 9.17) is 4.52 Å². The van der Waals surface area contributed by atoms with Gasteiger partial charge >= 0.3 is 0 Å². The number of para-hydroxylation sites is 1. The topological polar surface area (TPSA) is 98.5 Å². The van der Waals surface area contributed by atoms with E-state index in [2.05, 4.69) is 15.1 Å². The van der Waals surface area contributed by atoms with E-state index in [9.17, 15) is 14.3 Å². The highest BCUT2D eigenvalue weighted by Gasteiger charge is 2.27. The van der Waals surface area contributed by atoms with E-state index in [-0.39, 0.29) is 34.5 Å². The number of imidazole rings is 1. The van der Waals surface area contributed by atoms with Crippen LogP contribution in [0.5, 0.6) is 0 Å². The third-order valence-corrected chi connectivity index (χ3v) is 4.85. The first-order chi connectivity index (χ1) is 13.2. The van der Waals surface area contributed by atoms with Gasteiger partial charge in [0.2, 0.25) is 5.82 Å². The lowest BCUT2D eigenvalue weighted by Gasteiger charge is -2.18. The summed E-state index contributed by atoms with van der Waals surface area (Å²) in [6.07, 6.45) is 2.09. The average molecular weight is 385 g/mol. The van der Waals surface area contributed by atoms with Gasteiger partial charge in [-0.2, -0.15) is 4.98 Å². The van der Waals surface area contributed by atoms with Crippen molar-refractivity contribution in [1.29, 1.82) is 0 Å². The monoisotopic (exact) mass is 385 g/mol. The van der Waals surface area contributed by atoms with Crippen LogP contribution in [0.3, 0.4) is 0 Å². The van der Waals surface area contributed by atoms with Crippen LogP contribution in [0, 0.1) is 5.82 Å². The van der Waals surface area contributed by atoms with Gasteiger partial charge in [-0.15, -0.1) is 0 Å². The molecule has 0 aliphatic heterocycles. The largest absolute Gasteiger partial charge is 0.381 e. The van der Waals surface area contributed by atoms with Crippen LogP contribution in [0.2, 0.25) is 0 Å². The molecular weight excluding hydrogens is 365 g/mol. The average Bonchev–Trinajstić information content (AvgIpc) is 3.29. The van der Waals surface area contributed by atoms with Crippen molar-refractivity contribution in [2.24, 2.45) is 0 Å². The summed E-state index contributed by atoms with van der Waals surface area (Å²) in [7, 11) is 0. The molecule has 4 rings (SSSR count). The van der Waals surface area contributed by atoms with Crippen molar-refractivity contribution in [2.45, 2.75) is 45.8 Å². The number of benzene rings is 1. The van der Waals surface area contributed by atoms with Crippen LogP contribution in [0.25, 0.3) is 28.1 Å². The smallest absolute Gasteiger partial charge is 0.278 e. The Labute approximate surface area is 159 Å². The molecular formula is C19H20FN5O3. The van der Waals surface area contributed by atoms with Gasteiger partial charge in [-0.25, -0.2) is 9.37 Å². The Morgan fingerprint density at radius 3 is 2.71 bits per heavy atom. The molecule has 1 unspecified atom stereocenters. The van der Waals surface area contributed by atoms with Gasteiger partial charge in [-0.3, -0.25) is 13.8 Å². The van der Waals surface area contributed by atoms with Crippen molar-refractivity contribution in [1.82, 2.24) is 24.1 Å². The van der Waals surface area contributed by atoms with Crippen LogP contribution < -0.4 is 5.56 Å². The number of nitrogens with zero attached hydrogens (tertiary/aromatic N) is 5. The zero-order chi connectivity index (χ0) is 20.2. The number of aliphatic hydroxyl groups is 1. The molecule has 1 aromatic carbocycles. The van der Waals surface area contributed by atoms with Gasteiger partial charge in [0, 0.05) is 6.04 Å². The molecule has 1 atom stereocenters. The van der Waals surface area contributed by atoms with Crippen LogP contribution in [0.4, 0.5) is 4.39 Å². The predicted octanol–water partition coefficient (Wildman–Crippen LogP) is 3.04. The minimum atomic E-state index is -1.33. The summed E-state index contributed by atoms with van der Waals surface area (Å²) in [4.78, 5) is 21.8. The number of fused-ring (bicyclic) bond motifs is 3. The zero-order valence-corrected chi connectivity index (χ0v) is 16.0. The van der Waals surface area contributed by atoms with Crippen LogP contribution in [0.15, 0.2) is 33.8 Å². The summed E-state index contributed by atoms with van der Waals surface area (Å²) >= 11 is 0. The van der Waals surface area contributed by atoms with Crippen molar-refractivity contribution in [3.8, 4) is 11.5 Å². The van der Waals surface area contributed by atoms with E-state index in [1.165, 1.54) is 35.2 Å². The van der Waals surface area contributed by atoms with Gasteiger partial charge in [0.05, 0.1) is 5.52 Å². The predicted molar refractivity (Wildman–Crippen MR) is 100 cm³/mol. The van der Waals surface area contributed by atoms with E-state index in [1.54, 1.807) is 12.1 Å². The van der Waals surface area contributed by atoms with Gasteiger partial charge in [-0.05, 0) is 39.3 Å². The maximum Gasteiger partial charge on any atom is 0.278 e. The van der Waals surface area contributed by atoms with Gasteiger partial charge in [0.25, 0.3) is 11.4 Å². The second kappa shape index (κ2) is 6.23. The summed E-state index contributed by atoms with van der Waals surface area (Å²) in [5.41, 5.74) is -0.542. The van der Waals surface area contributed by atoms with Gasteiger partial charge < -0.3 is 9.63 Å². The van der Waals surface area contributed by atoms with E-state index in [1.807, 2.05) is 13.8 Å². The molecule has 0 aliphatic carbocycles. The molecule has 0 saturated carbocycles. The fourth-order valence-electron chi connectivity index (χ4n) is 3.22. The number of rotatable bonds is 4. The summed E-state index contributed by atoms with van der Waals surface area (Å²) in [5, 5.41) is 13.9. The molecule has 28 heavy (non-hydrogen) atoms. The molecule has 0 bridgehead atoms. The molecule has 9 heteroatoms. The lowest BCUT2D eigenvalue weighted by atomic mass is 10.1. The standard InChI is InChI=1S/C19H20FN5O3/c1-5-10(2)25-14-11(20)7-6-8-12(14)24-9-21-13(15(24)17(25)26)16-22-18(28-23-16)19(3,4)27/h6-10,27H,5H2,1-4H3. The van der Waals surface area contributed by atoms with Crippen molar-refractivity contribution < 1.29 is 14.0 Å². The van der Waals surface area contributed by atoms with Crippen molar-refractivity contribution >= 4 is 16.6 Å². The first-order valence-corrected chi connectivity index (χ1v) is 9.00. The number of hydrogen-bond acceptors (Lipinski definition) is 6. The summed E-state index contributed by atoms with van der Waals surface area (Å²) in [5.74, 6) is -0.378. The highest BCUT2D eigenvalue weighted by molar-refractivity contribution is 5.84. The molecule has 0 aliphatic rings. The molecule has 146 valence electrons. The van der Waals surface area contributed by atoms with E-state index >= 15 is 0 Å². The van der Waals surface area contributed by atoms with Gasteiger partial charge in [0.15, 0.2) is 0 Å². The SMILES string of the molecule is CCC(C)n1c(=O)c2c(-c3noc(C(C)(C)O)n3)ncn2c2cccc(F)c21. The summed E-state index contributed by atoms with van der Waals surface area (Å²) < 4.78 is 22.8. The second-order valence-corrected chi connectivity index (χ2v) is 7.33. The molecule has 0 radical (unpaired) electrons. The maximum atomic E-state index is 14.7. The van der Waals surface area contributed by atoms with E-state index in [0.717, 1.165) is 0 Å². The Morgan fingerprint density at radius 1 is 1.32 bits per heavy atom. The van der Waals surface area contributed by atoms with Crippen LogP contribution in [0.1, 0.15) is 46.0 Å². The zero-order valence-electron chi connectivity index (χ0n) is 16.0. The van der Waals surface area contributed by atoms with Crippen molar-refractivity contribution in [3.63, 3.8) is 0 Å². The molecule has 4 aromatic rings. The minimum Gasteiger partial charge on any atom is -0.381 e.